The van der Waals surface area contributed by atoms with Gasteiger partial charge in [-0.2, -0.15) is 16.8 Å². The van der Waals surface area contributed by atoms with E-state index in [-0.39, 0.29) is 23.1 Å². The maximum absolute atomic E-state index is 11.6. The van der Waals surface area contributed by atoms with Gasteiger partial charge in [-0.25, -0.2) is 5.26 Å². The van der Waals surface area contributed by atoms with Crippen LogP contribution in [-0.4, -0.2) is 31.2 Å². The predicted octanol–water partition coefficient (Wildman–Crippen LogP) is 2.71. The number of hydrogen-bond acceptors (Lipinski definition) is 8. The van der Waals surface area contributed by atoms with Crippen molar-refractivity contribution in [2.45, 2.75) is 29.0 Å². The van der Waals surface area contributed by atoms with Crippen LogP contribution in [0, 0.1) is 6.92 Å². The molecule has 0 spiro atoms. The van der Waals surface area contributed by atoms with Crippen molar-refractivity contribution >= 4 is 43.1 Å². The van der Waals surface area contributed by atoms with E-state index >= 15 is 0 Å². The van der Waals surface area contributed by atoms with Crippen molar-refractivity contribution in [2.24, 2.45) is 0 Å². The standard InChI is InChI=1S/C11H10O9S3.CH4/c1-6-2-8-9(10(3-6)22(13,14)15)4-7(21-20-19-12)5-11(8)23(16,17)18;/h2-5,12H,1H3,(H,13,14,15)(H,16,17,18);1H4. The quantitative estimate of drug-likeness (QED) is 0.297. The van der Waals surface area contributed by atoms with Gasteiger partial charge in [-0.3, -0.25) is 9.11 Å². The average molecular weight is 398 g/mol. The zero-order valence-electron chi connectivity index (χ0n) is 11.3. The summed E-state index contributed by atoms with van der Waals surface area (Å²) in [6.07, 6.45) is 0. The Morgan fingerprint density at radius 2 is 1.42 bits per heavy atom. The van der Waals surface area contributed by atoms with Crippen molar-refractivity contribution in [3.63, 3.8) is 0 Å². The van der Waals surface area contributed by atoms with Gasteiger partial charge in [0.25, 0.3) is 20.2 Å². The van der Waals surface area contributed by atoms with E-state index in [4.69, 9.17) is 5.26 Å². The van der Waals surface area contributed by atoms with Crippen LogP contribution in [0.15, 0.2) is 39.0 Å². The molecule has 0 saturated carbocycles. The molecule has 0 bridgehead atoms. The summed E-state index contributed by atoms with van der Waals surface area (Å²) in [4.78, 5) is -1.13. The van der Waals surface area contributed by atoms with E-state index in [1.807, 2.05) is 0 Å². The Balaban J connectivity index is 0.00000288. The SMILES string of the molecule is C.Cc1cc(S(=O)(=O)O)c2cc(SOOO)cc(S(=O)(=O)O)c2c1. The number of fused-ring (bicyclic) bond motifs is 1. The summed E-state index contributed by atoms with van der Waals surface area (Å²) in [5.74, 6) is 0. The van der Waals surface area contributed by atoms with Crippen LogP contribution < -0.4 is 0 Å². The molecule has 0 unspecified atom stereocenters. The van der Waals surface area contributed by atoms with E-state index in [0.29, 0.717) is 17.6 Å². The molecule has 0 aromatic heterocycles. The molecule has 0 amide bonds. The average Bonchev–Trinajstić information content (AvgIpc) is 2.41. The molecular weight excluding hydrogens is 384 g/mol. The molecule has 0 saturated heterocycles. The van der Waals surface area contributed by atoms with Crippen LogP contribution in [-0.2, 0) is 29.6 Å². The van der Waals surface area contributed by atoms with Crippen molar-refractivity contribution in [2.75, 3.05) is 0 Å². The maximum atomic E-state index is 11.6. The molecule has 2 rings (SSSR count). The summed E-state index contributed by atoms with van der Waals surface area (Å²) in [6, 6.07) is 4.67. The minimum Gasteiger partial charge on any atom is -0.282 e. The van der Waals surface area contributed by atoms with Crippen molar-refractivity contribution in [3.8, 4) is 0 Å². The number of benzene rings is 2. The third-order valence-corrected chi connectivity index (χ3v) is 5.17. The van der Waals surface area contributed by atoms with Crippen molar-refractivity contribution in [1.29, 1.82) is 0 Å². The molecule has 24 heavy (non-hydrogen) atoms. The van der Waals surface area contributed by atoms with Gasteiger partial charge in [0.15, 0.2) is 0 Å². The Labute approximate surface area is 142 Å². The highest BCUT2D eigenvalue weighted by molar-refractivity contribution is 7.94. The molecule has 9 nitrogen and oxygen atoms in total. The maximum Gasteiger partial charge on any atom is 0.295 e. The first-order chi connectivity index (χ1) is 10.5. The summed E-state index contributed by atoms with van der Waals surface area (Å²) in [5.41, 5.74) is 0.352. The molecular formula is C12H14O9S3. The van der Waals surface area contributed by atoms with E-state index in [1.54, 1.807) is 0 Å². The van der Waals surface area contributed by atoms with Gasteiger partial charge < -0.3 is 0 Å². The lowest BCUT2D eigenvalue weighted by molar-refractivity contribution is -0.432. The van der Waals surface area contributed by atoms with Crippen LogP contribution >= 0.6 is 12.0 Å². The molecule has 0 heterocycles. The summed E-state index contributed by atoms with van der Waals surface area (Å²) in [7, 11) is -9.36. The second-order valence-electron chi connectivity index (χ2n) is 4.46. The Morgan fingerprint density at radius 3 is 1.92 bits per heavy atom. The second kappa shape index (κ2) is 7.33. The largest absolute Gasteiger partial charge is 0.295 e. The number of hydrogen-bond donors (Lipinski definition) is 3. The summed E-state index contributed by atoms with van der Waals surface area (Å²) in [6.45, 7) is 1.49. The fraction of sp³-hybridized carbons (Fsp3) is 0.167. The van der Waals surface area contributed by atoms with Gasteiger partial charge in [-0.15, -0.1) is 4.33 Å². The summed E-state index contributed by atoms with van der Waals surface area (Å²) >= 11 is 0.365. The molecule has 2 aromatic carbocycles. The van der Waals surface area contributed by atoms with Crippen LogP contribution in [0.25, 0.3) is 10.8 Å². The minimum absolute atomic E-state index is 0. The van der Waals surface area contributed by atoms with Crippen molar-refractivity contribution in [1.82, 2.24) is 0 Å². The second-order valence-corrected chi connectivity index (χ2v) is 8.01. The molecule has 0 aliphatic heterocycles. The first kappa shape index (κ1) is 20.8. The van der Waals surface area contributed by atoms with Crippen LogP contribution in [0.2, 0.25) is 0 Å². The van der Waals surface area contributed by atoms with Crippen LogP contribution in [0.5, 0.6) is 0 Å². The van der Waals surface area contributed by atoms with Gasteiger partial charge in [0.2, 0.25) is 0 Å². The van der Waals surface area contributed by atoms with Gasteiger partial charge in [-0.1, -0.05) is 12.5 Å². The number of rotatable bonds is 5. The first-order valence-corrected chi connectivity index (χ1v) is 9.34. The van der Waals surface area contributed by atoms with Gasteiger partial charge in [0.05, 0.1) is 12.0 Å². The highest BCUT2D eigenvalue weighted by atomic mass is 32.2. The normalized spacial score (nSPS) is 12.2. The van der Waals surface area contributed by atoms with E-state index in [2.05, 4.69) is 9.37 Å². The lowest BCUT2D eigenvalue weighted by Crippen LogP contribution is -2.04. The zero-order valence-corrected chi connectivity index (χ0v) is 13.8. The van der Waals surface area contributed by atoms with Crippen molar-refractivity contribution in [3.05, 3.63) is 29.8 Å². The topological polar surface area (TPSA) is 147 Å². The lowest BCUT2D eigenvalue weighted by Gasteiger charge is -2.11. The Kier molecular flexibility index (Phi) is 6.35. The molecule has 134 valence electrons. The molecule has 2 aromatic rings. The predicted molar refractivity (Wildman–Crippen MR) is 85.7 cm³/mol. The molecule has 0 aliphatic rings. The highest BCUT2D eigenvalue weighted by Crippen LogP contribution is 2.34. The summed E-state index contributed by atoms with van der Waals surface area (Å²) < 4.78 is 69.0. The van der Waals surface area contributed by atoms with E-state index in [0.717, 1.165) is 12.1 Å². The van der Waals surface area contributed by atoms with Crippen molar-refractivity contribution < 1.29 is 40.6 Å². The fourth-order valence-electron chi connectivity index (χ4n) is 2.04. The molecule has 0 atom stereocenters. The zero-order chi connectivity index (χ0) is 17.4. The van der Waals surface area contributed by atoms with Gasteiger partial charge in [0.1, 0.15) is 9.79 Å². The van der Waals surface area contributed by atoms with Gasteiger partial charge in [0, 0.05) is 15.7 Å². The highest BCUT2D eigenvalue weighted by Gasteiger charge is 2.22. The molecule has 0 radical (unpaired) electrons. The Bertz CT molecular complexity index is 965. The molecule has 3 N–H and O–H groups in total. The third kappa shape index (κ3) is 4.43. The minimum atomic E-state index is -4.70. The van der Waals surface area contributed by atoms with E-state index in [9.17, 15) is 25.9 Å². The summed E-state index contributed by atoms with van der Waals surface area (Å²) in [5, 5.41) is 11.3. The monoisotopic (exact) mass is 398 g/mol. The third-order valence-electron chi connectivity index (χ3n) is 2.83. The lowest BCUT2D eigenvalue weighted by atomic mass is 10.1. The Hall–Kier alpha value is -1.25. The smallest absolute Gasteiger partial charge is 0.282 e. The van der Waals surface area contributed by atoms with Crippen LogP contribution in [0.1, 0.15) is 13.0 Å². The number of aryl methyl sites for hydroxylation is 1. The first-order valence-electron chi connectivity index (χ1n) is 5.72. The van der Waals surface area contributed by atoms with Crippen LogP contribution in [0.4, 0.5) is 0 Å². The van der Waals surface area contributed by atoms with Gasteiger partial charge in [-0.05, 0) is 36.8 Å². The fourth-order valence-corrected chi connectivity index (χ4v) is 4.06. The van der Waals surface area contributed by atoms with E-state index in [1.165, 1.54) is 19.1 Å². The van der Waals surface area contributed by atoms with Gasteiger partial charge >= 0.3 is 0 Å². The molecule has 0 aliphatic carbocycles. The molecule has 12 heteroatoms. The Morgan fingerprint density at radius 1 is 0.917 bits per heavy atom. The van der Waals surface area contributed by atoms with Crippen LogP contribution in [0.3, 0.4) is 0 Å². The van der Waals surface area contributed by atoms with E-state index < -0.39 is 30.0 Å². The molecule has 0 fully saturated rings.